The third kappa shape index (κ3) is 4.88. The number of piperidine rings is 1. The number of para-hydroxylation sites is 1. The number of benzene rings is 1. The van der Waals surface area contributed by atoms with Crippen LogP contribution in [-0.2, 0) is 4.79 Å². The number of carbonyl (C=O) groups excluding carboxylic acids is 1. The van der Waals surface area contributed by atoms with Crippen molar-refractivity contribution in [1.82, 2.24) is 24.6 Å². The minimum atomic E-state index is 0.141. The molecule has 0 N–H and O–H groups in total. The van der Waals surface area contributed by atoms with Crippen molar-refractivity contribution in [3.05, 3.63) is 83.9 Å². The Kier molecular flexibility index (Phi) is 6.21. The Balaban J connectivity index is 1.47. The highest BCUT2D eigenvalue weighted by Crippen LogP contribution is 2.24. The molecular weight excluding hydrogens is 438 g/mol. The Hall–Kier alpha value is -4.16. The van der Waals surface area contributed by atoms with Gasteiger partial charge in [0, 0.05) is 50.2 Å². The van der Waals surface area contributed by atoms with Crippen molar-refractivity contribution in [2.45, 2.75) is 39.7 Å². The summed E-state index contributed by atoms with van der Waals surface area (Å²) >= 11 is 0. The van der Waals surface area contributed by atoms with Crippen molar-refractivity contribution < 1.29 is 4.79 Å². The summed E-state index contributed by atoms with van der Waals surface area (Å²) in [7, 11) is 0. The summed E-state index contributed by atoms with van der Waals surface area (Å²) in [6.07, 6.45) is 13.5. The number of hydrazone groups is 1. The van der Waals surface area contributed by atoms with Gasteiger partial charge in [-0.2, -0.15) is 10.2 Å². The molecule has 1 saturated heterocycles. The molecule has 5 rings (SSSR count). The van der Waals surface area contributed by atoms with E-state index in [-0.39, 0.29) is 11.9 Å². The summed E-state index contributed by atoms with van der Waals surface area (Å²) in [5, 5.41) is 10.9. The van der Waals surface area contributed by atoms with Crippen molar-refractivity contribution in [3.8, 4) is 5.69 Å². The topological polar surface area (TPSA) is 69.3 Å². The van der Waals surface area contributed by atoms with E-state index in [2.05, 4.69) is 34.0 Å². The maximum absolute atomic E-state index is 11.8. The van der Waals surface area contributed by atoms with E-state index in [1.165, 1.54) is 0 Å². The molecule has 1 aromatic heterocycles. The Bertz CT molecular complexity index is 1300. The smallest absolute Gasteiger partial charge is 0.219 e. The third-order valence-corrected chi connectivity index (χ3v) is 6.45. The predicted molar refractivity (Wildman–Crippen MR) is 137 cm³/mol. The number of fused-ring (bicyclic) bond motifs is 1. The fraction of sp³-hybridized carbons (Fsp3) is 0.296. The van der Waals surface area contributed by atoms with Crippen molar-refractivity contribution >= 4 is 23.5 Å². The molecule has 0 spiro atoms. The van der Waals surface area contributed by atoms with Crippen LogP contribution in [0, 0.1) is 0 Å². The van der Waals surface area contributed by atoms with Crippen LogP contribution in [-0.4, -0.2) is 61.7 Å². The van der Waals surface area contributed by atoms with E-state index < -0.39 is 0 Å². The summed E-state index contributed by atoms with van der Waals surface area (Å²) in [6, 6.07) is 10.3. The Morgan fingerprint density at radius 3 is 2.63 bits per heavy atom. The largest absolute Gasteiger partial charge is 0.343 e. The van der Waals surface area contributed by atoms with E-state index >= 15 is 0 Å². The molecule has 1 fully saturated rings. The molecule has 0 saturated carbocycles. The molecule has 3 aliphatic rings. The molecule has 8 heteroatoms. The average Bonchev–Trinajstić information content (AvgIpc) is 3.38. The highest BCUT2D eigenvalue weighted by Gasteiger charge is 2.26. The van der Waals surface area contributed by atoms with Crippen LogP contribution in [0.25, 0.3) is 11.3 Å². The first kappa shape index (κ1) is 22.6. The minimum absolute atomic E-state index is 0.141. The minimum Gasteiger partial charge on any atom is -0.343 e. The van der Waals surface area contributed by atoms with E-state index in [0.717, 1.165) is 54.2 Å². The SMILES string of the molecule is CC(=O)N1CCC(N2/C=C(C)\C=C\N3N=CC(c4cnn(-c5ccccc5)c4)=C=C3/N=C/2C)CC1. The second-order valence-electron chi connectivity index (χ2n) is 8.95. The molecule has 8 nitrogen and oxygen atoms in total. The van der Waals surface area contributed by atoms with Crippen LogP contribution < -0.4 is 0 Å². The number of allylic oxidation sites excluding steroid dienone is 3. The van der Waals surface area contributed by atoms with Gasteiger partial charge in [0.05, 0.1) is 23.7 Å². The van der Waals surface area contributed by atoms with Crippen LogP contribution in [0.4, 0.5) is 0 Å². The lowest BCUT2D eigenvalue weighted by Crippen LogP contribution is -2.46. The number of carbonyl (C=O) groups is 1. The molecule has 0 bridgehead atoms. The second-order valence-corrected chi connectivity index (χ2v) is 8.95. The van der Waals surface area contributed by atoms with Gasteiger partial charge in [-0.25, -0.2) is 14.7 Å². The first-order valence-corrected chi connectivity index (χ1v) is 11.9. The van der Waals surface area contributed by atoms with Crippen molar-refractivity contribution in [3.63, 3.8) is 0 Å². The van der Waals surface area contributed by atoms with Crippen LogP contribution in [0.15, 0.2) is 88.4 Å². The maximum Gasteiger partial charge on any atom is 0.219 e. The van der Waals surface area contributed by atoms with Gasteiger partial charge in [-0.3, -0.25) is 4.79 Å². The van der Waals surface area contributed by atoms with Crippen molar-refractivity contribution in [2.75, 3.05) is 13.1 Å². The van der Waals surface area contributed by atoms with Gasteiger partial charge in [-0.15, -0.1) is 0 Å². The molecule has 4 heterocycles. The first-order chi connectivity index (χ1) is 17.0. The van der Waals surface area contributed by atoms with Gasteiger partial charge in [-0.05, 0) is 50.5 Å². The van der Waals surface area contributed by atoms with E-state index in [0.29, 0.717) is 5.82 Å². The highest BCUT2D eigenvalue weighted by molar-refractivity contribution is 6.09. The highest BCUT2D eigenvalue weighted by atomic mass is 16.2. The molecule has 1 aromatic carbocycles. The number of likely N-dealkylation sites (tertiary alicyclic amines) is 1. The van der Waals surface area contributed by atoms with Crippen molar-refractivity contribution in [1.29, 1.82) is 0 Å². The summed E-state index contributed by atoms with van der Waals surface area (Å²) in [6.45, 7) is 7.26. The average molecular weight is 468 g/mol. The van der Waals surface area contributed by atoms with Gasteiger partial charge in [0.2, 0.25) is 5.91 Å². The monoisotopic (exact) mass is 467 g/mol. The van der Waals surface area contributed by atoms with Gasteiger partial charge >= 0.3 is 0 Å². The molecule has 178 valence electrons. The first-order valence-electron chi connectivity index (χ1n) is 11.9. The van der Waals surface area contributed by atoms with Crippen LogP contribution in [0.3, 0.4) is 0 Å². The van der Waals surface area contributed by atoms with Gasteiger partial charge in [0.25, 0.3) is 0 Å². The van der Waals surface area contributed by atoms with Gasteiger partial charge in [0.15, 0.2) is 5.82 Å². The summed E-state index contributed by atoms with van der Waals surface area (Å²) in [4.78, 5) is 20.9. The van der Waals surface area contributed by atoms with Gasteiger partial charge < -0.3 is 9.80 Å². The maximum atomic E-state index is 11.8. The fourth-order valence-electron chi connectivity index (χ4n) is 4.49. The molecule has 0 atom stereocenters. The van der Waals surface area contributed by atoms with Crippen LogP contribution in [0.5, 0.6) is 0 Å². The Morgan fingerprint density at radius 1 is 1.11 bits per heavy atom. The normalized spacial score (nSPS) is 22.5. The number of hydrogen-bond acceptors (Lipinski definition) is 6. The van der Waals surface area contributed by atoms with Gasteiger partial charge in [-0.1, -0.05) is 23.9 Å². The number of nitrogens with zero attached hydrogens (tertiary/aromatic N) is 7. The molecule has 0 aliphatic carbocycles. The lowest BCUT2D eigenvalue weighted by molar-refractivity contribution is -0.130. The molecule has 1 amide bonds. The number of hydrogen-bond donors (Lipinski definition) is 0. The fourth-order valence-corrected chi connectivity index (χ4v) is 4.49. The number of aliphatic imine (C=N–C) groups is 1. The van der Waals surface area contributed by atoms with Crippen LogP contribution in [0.2, 0.25) is 0 Å². The Labute approximate surface area is 205 Å². The van der Waals surface area contributed by atoms with E-state index in [9.17, 15) is 4.79 Å². The van der Waals surface area contributed by atoms with E-state index in [1.54, 1.807) is 18.1 Å². The lowest BCUT2D eigenvalue weighted by Gasteiger charge is -2.37. The number of amidine groups is 1. The summed E-state index contributed by atoms with van der Waals surface area (Å²) < 4.78 is 1.84. The zero-order valence-electron chi connectivity index (χ0n) is 20.3. The predicted octanol–water partition coefficient (Wildman–Crippen LogP) is 4.16. The standard InChI is InChI=1S/C27H29N7O/c1-20-9-14-33-27(30-21(2)32(18-20)25-10-12-31(13-11-25)22(3)35)15-23(16-28-33)24-17-29-34(19-24)26-7-5-4-6-8-26/h4-9,14,16-19,25H,10-13H2,1-3H3/b14-9+,20-18-,30-21+. The van der Waals surface area contributed by atoms with E-state index in [4.69, 9.17) is 4.99 Å². The molecule has 0 radical (unpaired) electrons. The zero-order valence-corrected chi connectivity index (χ0v) is 20.3. The van der Waals surface area contributed by atoms with Crippen LogP contribution in [0.1, 0.15) is 39.2 Å². The summed E-state index contributed by atoms with van der Waals surface area (Å²) in [5.41, 5.74) is 7.28. The number of amides is 1. The van der Waals surface area contributed by atoms with Gasteiger partial charge in [0.1, 0.15) is 5.84 Å². The summed E-state index contributed by atoms with van der Waals surface area (Å²) in [5.74, 6) is 1.64. The third-order valence-electron chi connectivity index (χ3n) is 6.45. The molecular formula is C27H29N7O. The van der Waals surface area contributed by atoms with Crippen LogP contribution >= 0.6 is 0 Å². The number of rotatable bonds is 3. The van der Waals surface area contributed by atoms with E-state index in [1.807, 2.05) is 71.5 Å². The quantitative estimate of drug-likeness (QED) is 0.636. The second kappa shape index (κ2) is 9.60. The molecule has 3 aliphatic heterocycles. The molecule has 0 unspecified atom stereocenters. The lowest BCUT2D eigenvalue weighted by atomic mass is 10.0. The Morgan fingerprint density at radius 2 is 1.89 bits per heavy atom. The molecule has 35 heavy (non-hydrogen) atoms. The molecule has 2 aromatic rings. The number of aromatic nitrogens is 2. The van der Waals surface area contributed by atoms with Crippen molar-refractivity contribution in [2.24, 2.45) is 10.1 Å². The zero-order chi connectivity index (χ0) is 24.4.